The number of benzene rings is 1. The number of amides is 1. The van der Waals surface area contributed by atoms with Crippen molar-refractivity contribution in [3.63, 3.8) is 0 Å². The smallest absolute Gasteiger partial charge is 0.354 e. The van der Waals surface area contributed by atoms with E-state index in [4.69, 9.17) is 0 Å². The van der Waals surface area contributed by atoms with Crippen LogP contribution in [0.15, 0.2) is 48.9 Å². The molecule has 1 aliphatic carbocycles. The van der Waals surface area contributed by atoms with Crippen LogP contribution in [0.1, 0.15) is 46.7 Å². The SMILES string of the molecule is O=C(CC1(C(=O)NCc2ccc(Nc3ccc(F)cc3C(F)(F)F)cn2)CC1)c1cnc(C(F)(F)F)nc1. The van der Waals surface area contributed by atoms with Gasteiger partial charge in [-0.1, -0.05) is 0 Å². The number of alkyl halides is 6. The third kappa shape index (κ3) is 6.23. The van der Waals surface area contributed by atoms with Crippen molar-refractivity contribution in [2.75, 3.05) is 5.32 Å². The molecule has 0 saturated heterocycles. The van der Waals surface area contributed by atoms with Crippen molar-refractivity contribution in [3.8, 4) is 0 Å². The summed E-state index contributed by atoms with van der Waals surface area (Å²) in [5.74, 6) is -3.42. The van der Waals surface area contributed by atoms with E-state index in [2.05, 4.69) is 25.6 Å². The van der Waals surface area contributed by atoms with Crippen molar-refractivity contribution in [2.24, 2.45) is 5.41 Å². The van der Waals surface area contributed by atoms with Crippen LogP contribution in [0, 0.1) is 11.2 Å². The van der Waals surface area contributed by atoms with E-state index in [9.17, 15) is 40.3 Å². The van der Waals surface area contributed by atoms with Gasteiger partial charge in [-0.3, -0.25) is 14.6 Å². The molecule has 3 aromatic rings. The number of anilines is 2. The molecule has 38 heavy (non-hydrogen) atoms. The first-order valence-corrected chi connectivity index (χ1v) is 11.1. The molecular formula is C24H18F7N5O2. The number of nitrogens with one attached hydrogen (secondary N) is 2. The number of halogens is 7. The highest BCUT2D eigenvalue weighted by Crippen LogP contribution is 2.49. The molecule has 2 heterocycles. The summed E-state index contributed by atoms with van der Waals surface area (Å²) < 4.78 is 90.6. The standard InChI is InChI=1S/C24H18F7N5O2/c25-14-1-4-18(17(7-14)23(26,27)28)36-16-3-2-15(32-12-16)11-35-21(38)22(5-6-22)8-19(37)13-9-33-20(34-10-13)24(29,30)31/h1-4,7,9-10,12,36H,5-6,8,11H2,(H,35,38). The van der Waals surface area contributed by atoms with Gasteiger partial charge in [0.2, 0.25) is 11.7 Å². The van der Waals surface area contributed by atoms with Crippen LogP contribution in [-0.2, 0) is 23.7 Å². The van der Waals surface area contributed by atoms with E-state index in [1.807, 2.05) is 0 Å². The zero-order valence-corrected chi connectivity index (χ0v) is 19.3. The average Bonchev–Trinajstić information content (AvgIpc) is 3.64. The van der Waals surface area contributed by atoms with Gasteiger partial charge in [-0.2, -0.15) is 26.3 Å². The van der Waals surface area contributed by atoms with Crippen LogP contribution >= 0.6 is 0 Å². The summed E-state index contributed by atoms with van der Waals surface area (Å²) in [5, 5.41) is 5.18. The number of rotatable bonds is 8. The first-order chi connectivity index (χ1) is 17.8. The molecule has 0 bridgehead atoms. The first kappa shape index (κ1) is 26.9. The minimum absolute atomic E-state index is 0.0389. The maximum Gasteiger partial charge on any atom is 0.451 e. The van der Waals surface area contributed by atoms with Crippen molar-refractivity contribution in [1.82, 2.24) is 20.3 Å². The van der Waals surface area contributed by atoms with Crippen LogP contribution < -0.4 is 10.6 Å². The maximum atomic E-state index is 13.3. The second-order valence-electron chi connectivity index (χ2n) is 8.71. The van der Waals surface area contributed by atoms with Gasteiger partial charge in [0.15, 0.2) is 5.78 Å². The number of hydrogen-bond donors (Lipinski definition) is 2. The Balaban J connectivity index is 1.34. The van der Waals surface area contributed by atoms with Crippen molar-refractivity contribution >= 4 is 23.1 Å². The lowest BCUT2D eigenvalue weighted by Gasteiger charge is -2.16. The van der Waals surface area contributed by atoms with Crippen LogP contribution in [0.25, 0.3) is 0 Å². The Hall–Kier alpha value is -4.10. The molecular weight excluding hydrogens is 523 g/mol. The number of aromatic nitrogens is 3. The van der Waals surface area contributed by atoms with Gasteiger partial charge in [0, 0.05) is 18.8 Å². The topological polar surface area (TPSA) is 96.9 Å². The molecule has 14 heteroatoms. The summed E-state index contributed by atoms with van der Waals surface area (Å²) in [4.78, 5) is 35.6. The average molecular weight is 541 g/mol. The Morgan fingerprint density at radius 3 is 2.13 bits per heavy atom. The van der Waals surface area contributed by atoms with Gasteiger partial charge in [0.05, 0.1) is 46.4 Å². The molecule has 2 aromatic heterocycles. The molecule has 0 spiro atoms. The number of Topliss-reactive ketones (excluding diaryl/α,β-unsaturated/α-hetero) is 1. The number of hydrogen-bond acceptors (Lipinski definition) is 6. The Kier molecular flexibility index (Phi) is 7.08. The predicted octanol–water partition coefficient (Wildman–Crippen LogP) is 5.46. The number of nitrogens with zero attached hydrogens (tertiary/aromatic N) is 3. The second kappa shape index (κ2) is 9.99. The van der Waals surface area contributed by atoms with E-state index in [1.54, 1.807) is 0 Å². The largest absolute Gasteiger partial charge is 0.451 e. The molecule has 0 radical (unpaired) electrons. The highest BCUT2D eigenvalue weighted by Gasteiger charge is 2.51. The number of carbonyl (C=O) groups excluding carboxylic acids is 2. The lowest BCUT2D eigenvalue weighted by Crippen LogP contribution is -2.33. The summed E-state index contributed by atoms with van der Waals surface area (Å²) >= 11 is 0. The van der Waals surface area contributed by atoms with E-state index in [0.29, 0.717) is 24.6 Å². The summed E-state index contributed by atoms with van der Waals surface area (Å²) in [5.41, 5.74) is -2.12. The Morgan fingerprint density at radius 1 is 0.895 bits per heavy atom. The minimum atomic E-state index is -4.78. The molecule has 4 rings (SSSR count). The Morgan fingerprint density at radius 2 is 1.58 bits per heavy atom. The number of carbonyl (C=O) groups is 2. The van der Waals surface area contributed by atoms with E-state index >= 15 is 0 Å². The van der Waals surface area contributed by atoms with Crippen LogP contribution in [0.3, 0.4) is 0 Å². The first-order valence-electron chi connectivity index (χ1n) is 11.1. The van der Waals surface area contributed by atoms with E-state index in [0.717, 1.165) is 24.5 Å². The molecule has 1 fully saturated rings. The molecule has 7 nitrogen and oxygen atoms in total. The quantitative estimate of drug-likeness (QED) is 0.291. The third-order valence-corrected chi connectivity index (χ3v) is 5.88. The van der Waals surface area contributed by atoms with Gasteiger partial charge in [0.25, 0.3) is 0 Å². The second-order valence-corrected chi connectivity index (χ2v) is 8.71. The van der Waals surface area contributed by atoms with Crippen molar-refractivity contribution < 1.29 is 40.3 Å². The molecule has 1 saturated carbocycles. The lowest BCUT2D eigenvalue weighted by molar-refractivity contribution is -0.145. The summed E-state index contributed by atoms with van der Waals surface area (Å²) in [6.07, 6.45) is -6.15. The normalized spacial score (nSPS) is 14.6. The molecule has 0 unspecified atom stereocenters. The minimum Gasteiger partial charge on any atom is -0.354 e. The maximum absolute atomic E-state index is 13.3. The van der Waals surface area contributed by atoms with Gasteiger partial charge in [-0.05, 0) is 43.2 Å². The van der Waals surface area contributed by atoms with Crippen LogP contribution in [0.5, 0.6) is 0 Å². The van der Waals surface area contributed by atoms with Crippen LogP contribution in [-0.4, -0.2) is 26.6 Å². The van der Waals surface area contributed by atoms with E-state index in [-0.39, 0.29) is 29.9 Å². The molecule has 1 amide bonds. The summed E-state index contributed by atoms with van der Waals surface area (Å²) in [6, 6.07) is 5.11. The van der Waals surface area contributed by atoms with Crippen LogP contribution in [0.4, 0.5) is 42.1 Å². The van der Waals surface area contributed by atoms with E-state index < -0.39 is 46.7 Å². The number of pyridine rings is 1. The third-order valence-electron chi connectivity index (χ3n) is 5.88. The monoisotopic (exact) mass is 541 g/mol. The van der Waals surface area contributed by atoms with Crippen molar-refractivity contribution in [3.05, 3.63) is 77.4 Å². The Bertz CT molecular complexity index is 1340. The highest BCUT2D eigenvalue weighted by atomic mass is 19.4. The summed E-state index contributed by atoms with van der Waals surface area (Å²) in [6.45, 7) is -0.0389. The fraction of sp³-hybridized carbons (Fsp3) is 0.292. The number of ketones is 1. The van der Waals surface area contributed by atoms with Crippen molar-refractivity contribution in [2.45, 2.75) is 38.2 Å². The fourth-order valence-electron chi connectivity index (χ4n) is 3.64. The molecule has 2 N–H and O–H groups in total. The molecule has 0 atom stereocenters. The van der Waals surface area contributed by atoms with Crippen LogP contribution in [0.2, 0.25) is 0 Å². The molecule has 0 aliphatic heterocycles. The highest BCUT2D eigenvalue weighted by molar-refractivity contribution is 6.00. The zero-order valence-electron chi connectivity index (χ0n) is 19.3. The van der Waals surface area contributed by atoms with Gasteiger partial charge in [0.1, 0.15) is 5.82 Å². The molecule has 1 aliphatic rings. The van der Waals surface area contributed by atoms with Crippen molar-refractivity contribution in [1.29, 1.82) is 0 Å². The van der Waals surface area contributed by atoms with Gasteiger partial charge >= 0.3 is 12.4 Å². The lowest BCUT2D eigenvalue weighted by atomic mass is 9.95. The van der Waals surface area contributed by atoms with E-state index in [1.165, 1.54) is 18.3 Å². The zero-order chi connectivity index (χ0) is 27.7. The fourth-order valence-corrected chi connectivity index (χ4v) is 3.64. The van der Waals surface area contributed by atoms with Gasteiger partial charge in [-0.15, -0.1) is 0 Å². The molecule has 1 aromatic carbocycles. The predicted molar refractivity (Wildman–Crippen MR) is 118 cm³/mol. The van der Waals surface area contributed by atoms with Gasteiger partial charge in [-0.25, -0.2) is 14.4 Å². The summed E-state index contributed by atoms with van der Waals surface area (Å²) in [7, 11) is 0. The van der Waals surface area contributed by atoms with Gasteiger partial charge < -0.3 is 10.6 Å². The molecule has 200 valence electrons. The Labute approximate surface area is 210 Å².